The van der Waals surface area contributed by atoms with Crippen LogP contribution in [-0.4, -0.2) is 9.67 Å². The summed E-state index contributed by atoms with van der Waals surface area (Å²) in [4.78, 5) is 0. The molecule has 1 aromatic heterocycles. The lowest BCUT2D eigenvalue weighted by Gasteiger charge is -2.02. The number of fused-ring (bicyclic) bond motifs is 1. The van der Waals surface area contributed by atoms with Gasteiger partial charge in [0.2, 0.25) is 0 Å². The van der Waals surface area contributed by atoms with E-state index in [0.29, 0.717) is 0 Å². The van der Waals surface area contributed by atoms with E-state index in [0.717, 1.165) is 20.9 Å². The van der Waals surface area contributed by atoms with Crippen molar-refractivity contribution >= 4 is 26.8 Å². The largest absolute Gasteiger partial charge is 0.389 e. The second-order valence-corrected chi connectivity index (χ2v) is 4.36. The van der Waals surface area contributed by atoms with E-state index in [1.807, 2.05) is 36.0 Å². The van der Waals surface area contributed by atoms with Crippen LogP contribution in [0.4, 0.5) is 0 Å². The van der Waals surface area contributed by atoms with Crippen molar-refractivity contribution in [3.05, 3.63) is 34.4 Å². The molecular formula is C11H12BrNO. The lowest BCUT2D eigenvalue weighted by atomic mass is 10.1. The van der Waals surface area contributed by atoms with Crippen molar-refractivity contribution in [3.8, 4) is 0 Å². The van der Waals surface area contributed by atoms with Gasteiger partial charge in [-0.3, -0.25) is 0 Å². The molecule has 2 nitrogen and oxygen atoms in total. The van der Waals surface area contributed by atoms with Crippen molar-refractivity contribution in [3.63, 3.8) is 0 Å². The normalized spacial score (nSPS) is 13.4. The molecule has 0 saturated heterocycles. The first-order valence-corrected chi connectivity index (χ1v) is 5.32. The van der Waals surface area contributed by atoms with E-state index in [9.17, 15) is 5.11 Å². The van der Waals surface area contributed by atoms with E-state index < -0.39 is 6.10 Å². The molecule has 1 heterocycles. The summed E-state index contributed by atoms with van der Waals surface area (Å²) in [6.45, 7) is 1.79. The Labute approximate surface area is 91.3 Å². The molecular weight excluding hydrogens is 242 g/mol. The van der Waals surface area contributed by atoms with Gasteiger partial charge in [-0.2, -0.15) is 0 Å². The molecule has 14 heavy (non-hydrogen) atoms. The maximum atomic E-state index is 9.63. The first-order chi connectivity index (χ1) is 6.61. The summed E-state index contributed by atoms with van der Waals surface area (Å²) < 4.78 is 3.06. The summed E-state index contributed by atoms with van der Waals surface area (Å²) in [6, 6.07) is 6.04. The number of halogens is 1. The van der Waals surface area contributed by atoms with E-state index >= 15 is 0 Å². The van der Waals surface area contributed by atoms with Crippen molar-refractivity contribution in [2.45, 2.75) is 13.0 Å². The minimum absolute atomic E-state index is 0.433. The fourth-order valence-electron chi connectivity index (χ4n) is 1.75. The summed E-state index contributed by atoms with van der Waals surface area (Å²) in [5.41, 5.74) is 2.10. The minimum atomic E-state index is -0.433. The maximum absolute atomic E-state index is 9.63. The number of aromatic nitrogens is 1. The molecule has 0 fully saturated rings. The van der Waals surface area contributed by atoms with Crippen LogP contribution in [-0.2, 0) is 7.05 Å². The average molecular weight is 254 g/mol. The van der Waals surface area contributed by atoms with Gasteiger partial charge in [0.15, 0.2) is 0 Å². The monoisotopic (exact) mass is 253 g/mol. The average Bonchev–Trinajstić information content (AvgIpc) is 2.46. The third kappa shape index (κ3) is 1.37. The van der Waals surface area contributed by atoms with Gasteiger partial charge in [0.05, 0.1) is 6.10 Å². The van der Waals surface area contributed by atoms with Crippen LogP contribution in [0.25, 0.3) is 10.9 Å². The number of rotatable bonds is 1. The number of benzene rings is 1. The first kappa shape index (κ1) is 9.74. The SMILES string of the molecule is CC(O)c1cn(C)c2cccc(Br)c12. The Kier molecular flexibility index (Phi) is 2.37. The van der Waals surface area contributed by atoms with E-state index in [1.165, 1.54) is 0 Å². The lowest BCUT2D eigenvalue weighted by molar-refractivity contribution is 0.200. The Balaban J connectivity index is 2.86. The predicted octanol–water partition coefficient (Wildman–Crippen LogP) is 2.99. The molecule has 0 radical (unpaired) electrons. The van der Waals surface area contributed by atoms with Gasteiger partial charge in [-0.25, -0.2) is 0 Å². The molecule has 0 saturated carbocycles. The molecule has 0 bridgehead atoms. The zero-order valence-electron chi connectivity index (χ0n) is 8.16. The molecule has 1 unspecified atom stereocenters. The predicted molar refractivity (Wildman–Crippen MR) is 61.3 cm³/mol. The lowest BCUT2D eigenvalue weighted by Crippen LogP contribution is -1.88. The molecule has 2 aromatic rings. The Morgan fingerprint density at radius 3 is 2.79 bits per heavy atom. The fraction of sp³-hybridized carbons (Fsp3) is 0.273. The second-order valence-electron chi connectivity index (χ2n) is 3.51. The van der Waals surface area contributed by atoms with Crippen molar-refractivity contribution in [2.75, 3.05) is 0 Å². The Hall–Kier alpha value is -0.800. The highest BCUT2D eigenvalue weighted by Crippen LogP contribution is 2.31. The number of hydrogen-bond acceptors (Lipinski definition) is 1. The molecule has 0 aliphatic heterocycles. The maximum Gasteiger partial charge on any atom is 0.0783 e. The van der Waals surface area contributed by atoms with Crippen LogP contribution in [0.3, 0.4) is 0 Å². The summed E-state index contributed by atoms with van der Waals surface area (Å²) in [6.07, 6.45) is 1.54. The third-order valence-corrected chi connectivity index (χ3v) is 3.10. The van der Waals surface area contributed by atoms with E-state index in [1.54, 1.807) is 6.92 Å². The van der Waals surface area contributed by atoms with E-state index in [-0.39, 0.29) is 0 Å². The highest BCUT2D eigenvalue weighted by Gasteiger charge is 2.12. The van der Waals surface area contributed by atoms with Crippen LogP contribution < -0.4 is 0 Å². The van der Waals surface area contributed by atoms with Crippen LogP contribution in [0.1, 0.15) is 18.6 Å². The van der Waals surface area contributed by atoms with Crippen molar-refractivity contribution in [1.29, 1.82) is 0 Å². The summed E-state index contributed by atoms with van der Waals surface area (Å²) >= 11 is 3.50. The van der Waals surface area contributed by atoms with Gasteiger partial charge in [0.25, 0.3) is 0 Å². The van der Waals surface area contributed by atoms with Gasteiger partial charge in [-0.15, -0.1) is 0 Å². The van der Waals surface area contributed by atoms with Crippen molar-refractivity contribution in [1.82, 2.24) is 4.57 Å². The number of aryl methyl sites for hydroxylation is 1. The van der Waals surface area contributed by atoms with E-state index in [2.05, 4.69) is 15.9 Å². The van der Waals surface area contributed by atoms with Crippen LogP contribution >= 0.6 is 15.9 Å². The summed E-state index contributed by atoms with van der Waals surface area (Å²) in [7, 11) is 1.99. The summed E-state index contributed by atoms with van der Waals surface area (Å²) in [5, 5.41) is 10.7. The molecule has 0 spiro atoms. The van der Waals surface area contributed by atoms with Gasteiger partial charge in [0, 0.05) is 34.2 Å². The summed E-state index contributed by atoms with van der Waals surface area (Å²) in [5.74, 6) is 0. The third-order valence-electron chi connectivity index (χ3n) is 2.44. The molecule has 0 aliphatic carbocycles. The smallest absolute Gasteiger partial charge is 0.0783 e. The molecule has 0 aliphatic rings. The number of aliphatic hydroxyl groups is 1. The molecule has 2 rings (SSSR count). The molecule has 1 atom stereocenters. The van der Waals surface area contributed by atoms with Crippen LogP contribution in [0.15, 0.2) is 28.9 Å². The Morgan fingerprint density at radius 1 is 1.43 bits per heavy atom. The van der Waals surface area contributed by atoms with Gasteiger partial charge in [-0.05, 0) is 19.1 Å². The standard InChI is InChI=1S/C11H12BrNO/c1-7(14)8-6-13(2)10-5-3-4-9(12)11(8)10/h3-7,14H,1-2H3. The van der Waals surface area contributed by atoms with Gasteiger partial charge >= 0.3 is 0 Å². The van der Waals surface area contributed by atoms with Crippen LogP contribution in [0.2, 0.25) is 0 Å². The molecule has 1 N–H and O–H groups in total. The van der Waals surface area contributed by atoms with Crippen LogP contribution in [0, 0.1) is 0 Å². The quantitative estimate of drug-likeness (QED) is 0.831. The molecule has 0 amide bonds. The van der Waals surface area contributed by atoms with Crippen molar-refractivity contribution < 1.29 is 5.11 Å². The minimum Gasteiger partial charge on any atom is -0.389 e. The first-order valence-electron chi connectivity index (χ1n) is 4.52. The van der Waals surface area contributed by atoms with E-state index in [4.69, 9.17) is 0 Å². The number of nitrogens with zero attached hydrogens (tertiary/aromatic N) is 1. The molecule has 1 aromatic carbocycles. The fourth-order valence-corrected chi connectivity index (χ4v) is 2.34. The zero-order chi connectivity index (χ0) is 10.3. The van der Waals surface area contributed by atoms with Gasteiger partial charge < -0.3 is 9.67 Å². The molecule has 74 valence electrons. The molecule has 3 heteroatoms. The Morgan fingerprint density at radius 2 is 2.14 bits per heavy atom. The highest BCUT2D eigenvalue weighted by molar-refractivity contribution is 9.10. The van der Waals surface area contributed by atoms with Crippen LogP contribution in [0.5, 0.6) is 0 Å². The topological polar surface area (TPSA) is 25.2 Å². The van der Waals surface area contributed by atoms with Gasteiger partial charge in [-0.1, -0.05) is 22.0 Å². The van der Waals surface area contributed by atoms with Crippen molar-refractivity contribution in [2.24, 2.45) is 7.05 Å². The zero-order valence-corrected chi connectivity index (χ0v) is 9.75. The van der Waals surface area contributed by atoms with Gasteiger partial charge in [0.1, 0.15) is 0 Å². The number of hydrogen-bond donors (Lipinski definition) is 1. The Bertz CT molecular complexity index is 473. The second kappa shape index (κ2) is 3.41. The highest BCUT2D eigenvalue weighted by atomic mass is 79.9. The number of aliphatic hydroxyl groups excluding tert-OH is 1.